The Hall–Kier alpha value is -1.33. The summed E-state index contributed by atoms with van der Waals surface area (Å²) in [6, 6.07) is 0. The highest BCUT2D eigenvalue weighted by atomic mass is 16.7. The molecule has 43 heavy (non-hydrogen) atoms. The molecule has 6 aliphatic rings. The summed E-state index contributed by atoms with van der Waals surface area (Å²) in [5.41, 5.74) is 0.252. The van der Waals surface area contributed by atoms with Gasteiger partial charge in [-0.25, -0.2) is 0 Å². The van der Waals surface area contributed by atoms with E-state index in [1.54, 1.807) is 13.0 Å². The first-order valence-corrected chi connectivity index (χ1v) is 16.5. The van der Waals surface area contributed by atoms with Crippen molar-refractivity contribution in [3.63, 3.8) is 0 Å². The van der Waals surface area contributed by atoms with Crippen LogP contribution in [-0.4, -0.2) is 83.0 Å². The lowest BCUT2D eigenvalue weighted by Crippen LogP contribution is -2.59. The topological polar surface area (TPSA) is 124 Å². The normalized spacial score (nSPS) is 50.6. The molecule has 242 valence electrons. The predicted octanol–water partition coefficient (Wildman–Crippen LogP) is 4.17. The number of carbonyl (C=O) groups excluding carboxylic acids is 1. The van der Waals surface area contributed by atoms with Gasteiger partial charge in [-0.15, -0.1) is 0 Å². The van der Waals surface area contributed by atoms with E-state index in [1.807, 2.05) is 13.8 Å². The van der Waals surface area contributed by atoms with Crippen LogP contribution in [0.5, 0.6) is 0 Å². The second-order valence-electron chi connectivity index (χ2n) is 14.8. The largest absolute Gasteiger partial charge is 0.493 e. The second-order valence-corrected chi connectivity index (χ2v) is 14.8. The van der Waals surface area contributed by atoms with Crippen molar-refractivity contribution >= 4 is 5.78 Å². The lowest BCUT2D eigenvalue weighted by molar-refractivity contribution is -0.288. The Bertz CT molecular complexity index is 1120. The Morgan fingerprint density at radius 1 is 1.05 bits per heavy atom. The molecule has 6 rings (SSSR count). The van der Waals surface area contributed by atoms with Crippen LogP contribution >= 0.6 is 0 Å². The number of Topliss-reactive ketones (excluding diaryl/α,β-unsaturated/α-hetero) is 1. The molecule has 0 aromatic rings. The van der Waals surface area contributed by atoms with Crippen LogP contribution in [0.25, 0.3) is 0 Å². The fourth-order valence-electron chi connectivity index (χ4n) is 10.1. The van der Waals surface area contributed by atoms with Crippen LogP contribution in [0.2, 0.25) is 0 Å². The highest BCUT2D eigenvalue weighted by Crippen LogP contribution is 2.68. The number of hydrogen-bond donors (Lipinski definition) is 3. The van der Waals surface area contributed by atoms with Crippen LogP contribution in [0, 0.1) is 28.6 Å². The molecule has 4 aliphatic carbocycles. The van der Waals surface area contributed by atoms with E-state index < -0.39 is 42.6 Å². The average molecular weight is 605 g/mol. The standard InChI is InChI=1S/C34H52O9/c1-18-15-27(39-6)30(37)31(40-18)43-22-9-12-32(4)21(16-22)7-8-23-24(32)10-13-33(5)25(23)11-14-34(33,38)20(3)42-28-17-26(35)29(36)19(2)41-28/h7,15,18-20,22-26,28-29,31,35-36,38H,8-14,16-17H2,1-6H3/t18-,19-,20+,22+,23?,24?,25?,26-,28-,29-,31+,32+,33+,34+/m1/s1. The minimum absolute atomic E-state index is 0.0685. The molecule has 1 saturated heterocycles. The van der Waals surface area contributed by atoms with E-state index in [1.165, 1.54) is 12.7 Å². The molecule has 0 aromatic heterocycles. The van der Waals surface area contributed by atoms with Crippen molar-refractivity contribution in [1.29, 1.82) is 0 Å². The fraction of sp³-hybridized carbons (Fsp3) is 0.853. The number of aliphatic hydroxyl groups is 3. The van der Waals surface area contributed by atoms with E-state index in [2.05, 4.69) is 19.9 Å². The Morgan fingerprint density at radius 3 is 2.51 bits per heavy atom. The number of rotatable bonds is 6. The van der Waals surface area contributed by atoms with Crippen molar-refractivity contribution in [2.24, 2.45) is 28.6 Å². The van der Waals surface area contributed by atoms with E-state index in [9.17, 15) is 20.1 Å². The van der Waals surface area contributed by atoms with E-state index in [0.717, 1.165) is 44.9 Å². The molecule has 14 atom stereocenters. The summed E-state index contributed by atoms with van der Waals surface area (Å²) in [5, 5.41) is 32.7. The lowest BCUT2D eigenvalue weighted by Gasteiger charge is -2.59. The predicted molar refractivity (Wildman–Crippen MR) is 157 cm³/mol. The van der Waals surface area contributed by atoms with Crippen molar-refractivity contribution in [3.05, 3.63) is 23.5 Å². The molecular formula is C34H52O9. The molecule has 4 fully saturated rings. The van der Waals surface area contributed by atoms with Crippen LogP contribution in [-0.2, 0) is 28.5 Å². The van der Waals surface area contributed by atoms with Gasteiger partial charge in [-0.3, -0.25) is 4.79 Å². The zero-order valence-corrected chi connectivity index (χ0v) is 26.7. The summed E-state index contributed by atoms with van der Waals surface area (Å²) in [6.45, 7) is 10.3. The third-order valence-corrected chi connectivity index (χ3v) is 12.7. The average Bonchev–Trinajstić information content (AvgIpc) is 3.25. The monoisotopic (exact) mass is 604 g/mol. The maximum Gasteiger partial charge on any atom is 0.252 e. The van der Waals surface area contributed by atoms with Crippen molar-refractivity contribution < 1.29 is 43.8 Å². The SMILES string of the molecule is COC1=C[C@@H](C)O[C@@H](O[C@H]2CC[C@@]3(C)C(=CCC4C3CC[C@@]3(C)C4CC[C@]3(O)[C@H](C)O[C@@H]3C[C@@H](O)[C@H](O)[C@@H](C)O3)C2)C1=O. The van der Waals surface area contributed by atoms with Gasteiger partial charge in [-0.05, 0) is 101 Å². The van der Waals surface area contributed by atoms with Crippen molar-refractivity contribution in [2.75, 3.05) is 7.11 Å². The molecule has 9 heteroatoms. The molecule has 0 amide bonds. The third-order valence-electron chi connectivity index (χ3n) is 12.7. The summed E-state index contributed by atoms with van der Waals surface area (Å²) in [6.07, 6.45) is 6.94. The maximum atomic E-state index is 12.8. The van der Waals surface area contributed by atoms with Crippen LogP contribution in [0.1, 0.15) is 92.4 Å². The van der Waals surface area contributed by atoms with Gasteiger partial charge in [0.1, 0.15) is 6.10 Å². The number of ether oxygens (including phenoxy) is 5. The molecule has 3 unspecified atom stereocenters. The Kier molecular flexibility index (Phi) is 8.45. The highest BCUT2D eigenvalue weighted by molar-refractivity contribution is 5.96. The molecule has 0 spiro atoms. The van der Waals surface area contributed by atoms with Crippen LogP contribution in [0.3, 0.4) is 0 Å². The third kappa shape index (κ3) is 5.15. The number of fused-ring (bicyclic) bond motifs is 5. The summed E-state index contributed by atoms with van der Waals surface area (Å²) < 4.78 is 29.5. The van der Waals surface area contributed by atoms with Crippen LogP contribution in [0.4, 0.5) is 0 Å². The molecule has 2 aliphatic heterocycles. The number of hydrogen-bond acceptors (Lipinski definition) is 9. The maximum absolute atomic E-state index is 12.8. The molecule has 3 saturated carbocycles. The molecule has 0 radical (unpaired) electrons. The number of carbonyl (C=O) groups is 1. The molecule has 9 nitrogen and oxygen atoms in total. The first kappa shape index (κ1) is 31.6. The van der Waals surface area contributed by atoms with Gasteiger partial charge in [0.2, 0.25) is 6.29 Å². The minimum atomic E-state index is -0.994. The molecule has 0 bridgehead atoms. The van der Waals surface area contributed by atoms with Gasteiger partial charge < -0.3 is 39.0 Å². The number of ketones is 1. The Balaban J connectivity index is 1.14. The van der Waals surface area contributed by atoms with Gasteiger partial charge >= 0.3 is 0 Å². The molecule has 3 N–H and O–H groups in total. The summed E-state index contributed by atoms with van der Waals surface area (Å²) in [7, 11) is 1.51. The van der Waals surface area contributed by atoms with Gasteiger partial charge in [-0.1, -0.05) is 25.5 Å². The molecule has 0 aromatic carbocycles. The smallest absolute Gasteiger partial charge is 0.252 e. The van der Waals surface area contributed by atoms with E-state index in [-0.39, 0.29) is 35.2 Å². The number of allylic oxidation sites excluding steroid dienone is 1. The zero-order valence-electron chi connectivity index (χ0n) is 26.7. The minimum Gasteiger partial charge on any atom is -0.493 e. The van der Waals surface area contributed by atoms with Crippen molar-refractivity contribution in [2.45, 2.75) is 147 Å². The Morgan fingerprint density at radius 2 is 1.79 bits per heavy atom. The van der Waals surface area contributed by atoms with Gasteiger partial charge in [0, 0.05) is 11.8 Å². The first-order valence-electron chi connectivity index (χ1n) is 16.5. The van der Waals surface area contributed by atoms with Gasteiger partial charge in [-0.2, -0.15) is 0 Å². The number of methoxy groups -OCH3 is 1. The summed E-state index contributed by atoms with van der Waals surface area (Å²) in [4.78, 5) is 12.8. The van der Waals surface area contributed by atoms with Gasteiger partial charge in [0.05, 0.1) is 43.2 Å². The van der Waals surface area contributed by atoms with Crippen LogP contribution < -0.4 is 0 Å². The van der Waals surface area contributed by atoms with Crippen LogP contribution in [0.15, 0.2) is 23.5 Å². The van der Waals surface area contributed by atoms with Gasteiger partial charge in [0.25, 0.3) is 5.78 Å². The number of aliphatic hydroxyl groups excluding tert-OH is 2. The molecule has 2 heterocycles. The van der Waals surface area contributed by atoms with E-state index >= 15 is 0 Å². The highest BCUT2D eigenvalue weighted by Gasteiger charge is 2.65. The van der Waals surface area contributed by atoms with Crippen molar-refractivity contribution in [1.82, 2.24) is 0 Å². The molecular weight excluding hydrogens is 552 g/mol. The fourth-order valence-corrected chi connectivity index (χ4v) is 10.1. The van der Waals surface area contributed by atoms with E-state index in [4.69, 9.17) is 23.7 Å². The van der Waals surface area contributed by atoms with Gasteiger partial charge in [0.15, 0.2) is 12.0 Å². The Labute approximate surface area is 255 Å². The summed E-state index contributed by atoms with van der Waals surface area (Å²) >= 11 is 0. The quantitative estimate of drug-likeness (QED) is 0.383. The zero-order chi connectivity index (χ0) is 30.9. The lowest BCUT2D eigenvalue weighted by atomic mass is 9.46. The summed E-state index contributed by atoms with van der Waals surface area (Å²) in [5.74, 6) is 1.48. The first-order chi connectivity index (χ1) is 20.3. The van der Waals surface area contributed by atoms with Crippen molar-refractivity contribution in [3.8, 4) is 0 Å². The van der Waals surface area contributed by atoms with E-state index in [0.29, 0.717) is 29.9 Å². The second kappa shape index (κ2) is 11.5.